The minimum Gasteiger partial charge on any atom is -0.396 e. The van der Waals surface area contributed by atoms with E-state index in [1.54, 1.807) is 0 Å². The summed E-state index contributed by atoms with van der Waals surface area (Å²) in [6, 6.07) is 19.6. The van der Waals surface area contributed by atoms with E-state index in [0.717, 1.165) is 6.42 Å². The van der Waals surface area contributed by atoms with Gasteiger partial charge >= 0.3 is 0 Å². The van der Waals surface area contributed by atoms with Crippen molar-refractivity contribution >= 4 is 13.3 Å². The highest BCUT2D eigenvalue weighted by atomic mass is 28.3. The van der Waals surface area contributed by atoms with Gasteiger partial charge in [-0.1, -0.05) is 78.4 Å². The van der Waals surface area contributed by atoms with Crippen LogP contribution in [0.1, 0.15) is 23.1 Å². The standard InChI is InChI=1S/C18H24OSi/c1-15-8-7-9-16(14-15)18(12-13-19)20(2,3)17-10-5-4-6-11-17/h4-11,14,18-19H,12-13H2,1-3H3/t18-/m0/s1. The van der Waals surface area contributed by atoms with E-state index >= 15 is 0 Å². The number of aliphatic hydroxyl groups excluding tert-OH is 1. The lowest BCUT2D eigenvalue weighted by Gasteiger charge is -2.33. The zero-order valence-electron chi connectivity index (χ0n) is 12.6. The molecule has 106 valence electrons. The maximum Gasteiger partial charge on any atom is 0.0880 e. The number of benzene rings is 2. The lowest BCUT2D eigenvalue weighted by atomic mass is 10.1. The van der Waals surface area contributed by atoms with Crippen molar-refractivity contribution in [1.29, 1.82) is 0 Å². The number of aliphatic hydroxyl groups is 1. The van der Waals surface area contributed by atoms with Gasteiger partial charge in [0.2, 0.25) is 0 Å². The van der Waals surface area contributed by atoms with E-state index in [1.165, 1.54) is 16.3 Å². The van der Waals surface area contributed by atoms with Crippen LogP contribution in [0.5, 0.6) is 0 Å². The van der Waals surface area contributed by atoms with E-state index in [0.29, 0.717) is 5.54 Å². The summed E-state index contributed by atoms with van der Waals surface area (Å²) in [6.45, 7) is 7.20. The van der Waals surface area contributed by atoms with Crippen LogP contribution in [0.15, 0.2) is 54.6 Å². The summed E-state index contributed by atoms with van der Waals surface area (Å²) in [4.78, 5) is 0. The molecule has 0 aromatic heterocycles. The fourth-order valence-electron chi connectivity index (χ4n) is 3.03. The van der Waals surface area contributed by atoms with Gasteiger partial charge in [-0.05, 0) is 24.4 Å². The molecule has 0 radical (unpaired) electrons. The van der Waals surface area contributed by atoms with Crippen LogP contribution in [0, 0.1) is 6.92 Å². The monoisotopic (exact) mass is 284 g/mol. The van der Waals surface area contributed by atoms with E-state index in [9.17, 15) is 5.11 Å². The summed E-state index contributed by atoms with van der Waals surface area (Å²) >= 11 is 0. The lowest BCUT2D eigenvalue weighted by molar-refractivity contribution is 0.285. The molecule has 0 unspecified atom stereocenters. The Balaban J connectivity index is 2.42. The number of hydrogen-bond donors (Lipinski definition) is 1. The molecule has 0 aliphatic carbocycles. The topological polar surface area (TPSA) is 20.2 Å². The molecular formula is C18H24OSi. The van der Waals surface area contributed by atoms with Crippen molar-refractivity contribution < 1.29 is 5.11 Å². The van der Waals surface area contributed by atoms with Crippen LogP contribution in [0.25, 0.3) is 0 Å². The number of aryl methyl sites for hydroxylation is 1. The van der Waals surface area contributed by atoms with E-state index in [1.807, 2.05) is 0 Å². The molecular weight excluding hydrogens is 260 g/mol. The van der Waals surface area contributed by atoms with Crippen molar-refractivity contribution in [3.05, 3.63) is 65.7 Å². The first-order chi connectivity index (χ1) is 9.55. The first-order valence-electron chi connectivity index (χ1n) is 7.28. The fraction of sp³-hybridized carbons (Fsp3) is 0.333. The van der Waals surface area contributed by atoms with Gasteiger partial charge in [-0.15, -0.1) is 0 Å². The molecule has 0 saturated carbocycles. The van der Waals surface area contributed by atoms with Gasteiger partial charge in [0.05, 0.1) is 8.07 Å². The van der Waals surface area contributed by atoms with E-state index < -0.39 is 8.07 Å². The van der Waals surface area contributed by atoms with Gasteiger partial charge in [0.25, 0.3) is 0 Å². The van der Waals surface area contributed by atoms with Gasteiger partial charge < -0.3 is 5.11 Å². The maximum absolute atomic E-state index is 9.50. The van der Waals surface area contributed by atoms with Crippen LogP contribution < -0.4 is 5.19 Å². The minimum atomic E-state index is -1.65. The lowest BCUT2D eigenvalue weighted by Crippen LogP contribution is -2.48. The molecule has 2 aromatic rings. The molecule has 20 heavy (non-hydrogen) atoms. The third-order valence-electron chi connectivity index (χ3n) is 4.25. The summed E-state index contributed by atoms with van der Waals surface area (Å²) in [5.41, 5.74) is 3.12. The van der Waals surface area contributed by atoms with Crippen molar-refractivity contribution in [3.8, 4) is 0 Å². The SMILES string of the molecule is Cc1cccc([C@H](CCO)[Si](C)(C)c2ccccc2)c1. The zero-order chi connectivity index (χ0) is 14.6. The van der Waals surface area contributed by atoms with Gasteiger partial charge in [-0.2, -0.15) is 0 Å². The van der Waals surface area contributed by atoms with Crippen molar-refractivity contribution in [2.45, 2.75) is 32.0 Å². The molecule has 0 aliphatic heterocycles. The average Bonchev–Trinajstić information content (AvgIpc) is 2.45. The second-order valence-corrected chi connectivity index (χ2v) is 10.8. The Morgan fingerprint density at radius 2 is 1.70 bits per heavy atom. The molecule has 0 spiro atoms. The smallest absolute Gasteiger partial charge is 0.0880 e. The van der Waals surface area contributed by atoms with E-state index in [4.69, 9.17) is 0 Å². The first-order valence-corrected chi connectivity index (χ1v) is 10.4. The van der Waals surface area contributed by atoms with Gasteiger partial charge in [0.1, 0.15) is 0 Å². The Kier molecular flexibility index (Phi) is 4.79. The highest BCUT2D eigenvalue weighted by Gasteiger charge is 2.34. The van der Waals surface area contributed by atoms with Crippen molar-refractivity contribution in [3.63, 3.8) is 0 Å². The van der Waals surface area contributed by atoms with E-state index in [-0.39, 0.29) is 6.61 Å². The minimum absolute atomic E-state index is 0.252. The maximum atomic E-state index is 9.50. The van der Waals surface area contributed by atoms with Crippen LogP contribution in [-0.2, 0) is 0 Å². The highest BCUT2D eigenvalue weighted by molar-refractivity contribution is 6.90. The molecule has 1 atom stereocenters. The van der Waals surface area contributed by atoms with Crippen molar-refractivity contribution in [1.82, 2.24) is 0 Å². The fourth-order valence-corrected chi connectivity index (χ4v) is 6.35. The van der Waals surface area contributed by atoms with Crippen molar-refractivity contribution in [2.24, 2.45) is 0 Å². The summed E-state index contributed by atoms with van der Waals surface area (Å²) < 4.78 is 0. The van der Waals surface area contributed by atoms with Crippen molar-refractivity contribution in [2.75, 3.05) is 6.61 Å². The van der Waals surface area contributed by atoms with Gasteiger partial charge in [-0.3, -0.25) is 0 Å². The van der Waals surface area contributed by atoms with E-state index in [2.05, 4.69) is 74.6 Å². The predicted octanol–water partition coefficient (Wildman–Crippen LogP) is 3.62. The van der Waals surface area contributed by atoms with Gasteiger partial charge in [-0.25, -0.2) is 0 Å². The Bertz CT molecular complexity index is 548. The third-order valence-corrected chi connectivity index (χ3v) is 8.44. The molecule has 0 heterocycles. The summed E-state index contributed by atoms with van der Waals surface area (Å²) in [5.74, 6) is 0. The Hall–Kier alpha value is -1.38. The highest BCUT2D eigenvalue weighted by Crippen LogP contribution is 2.30. The molecule has 2 rings (SSSR count). The molecule has 0 bridgehead atoms. The van der Waals surface area contributed by atoms with Crippen LogP contribution in [0.4, 0.5) is 0 Å². The third kappa shape index (κ3) is 3.19. The first kappa shape index (κ1) is 15.0. The summed E-state index contributed by atoms with van der Waals surface area (Å²) in [6.07, 6.45) is 0.845. The van der Waals surface area contributed by atoms with Crippen LogP contribution in [0.3, 0.4) is 0 Å². The Morgan fingerprint density at radius 3 is 2.30 bits per heavy atom. The Morgan fingerprint density at radius 1 is 1.00 bits per heavy atom. The number of rotatable bonds is 5. The second kappa shape index (κ2) is 6.38. The molecule has 0 aliphatic rings. The average molecular weight is 284 g/mol. The largest absolute Gasteiger partial charge is 0.396 e. The molecule has 2 heteroatoms. The molecule has 2 aromatic carbocycles. The van der Waals surface area contributed by atoms with Crippen LogP contribution in [-0.4, -0.2) is 19.8 Å². The molecule has 0 fully saturated rings. The van der Waals surface area contributed by atoms with Gasteiger partial charge in [0.15, 0.2) is 0 Å². The van der Waals surface area contributed by atoms with Gasteiger partial charge in [0, 0.05) is 6.61 Å². The van der Waals surface area contributed by atoms with Crippen LogP contribution >= 0.6 is 0 Å². The number of hydrogen-bond acceptors (Lipinski definition) is 1. The Labute approximate surface area is 123 Å². The molecule has 0 amide bonds. The zero-order valence-corrected chi connectivity index (χ0v) is 13.6. The summed E-state index contributed by atoms with van der Waals surface area (Å²) in [5, 5.41) is 11.0. The predicted molar refractivity (Wildman–Crippen MR) is 89.2 cm³/mol. The summed E-state index contributed by atoms with van der Waals surface area (Å²) in [7, 11) is -1.65. The second-order valence-electron chi connectivity index (χ2n) is 6.07. The molecule has 1 N–H and O–H groups in total. The molecule has 0 saturated heterocycles. The van der Waals surface area contributed by atoms with Crippen LogP contribution in [0.2, 0.25) is 13.1 Å². The quantitative estimate of drug-likeness (QED) is 0.832. The molecule has 1 nitrogen and oxygen atoms in total. The normalized spacial score (nSPS) is 13.2.